The van der Waals surface area contributed by atoms with Crippen molar-refractivity contribution in [1.82, 2.24) is 0 Å². The highest BCUT2D eigenvalue weighted by molar-refractivity contribution is 7.88. The average Bonchev–Trinajstić information content (AvgIpc) is 2.27. The number of carboxylic acids is 1. The summed E-state index contributed by atoms with van der Waals surface area (Å²) in [6.07, 6.45) is 1.33. The molecule has 1 aromatic carbocycles. The van der Waals surface area contributed by atoms with E-state index in [2.05, 4.69) is 6.58 Å². The molecule has 0 aromatic heterocycles. The maximum absolute atomic E-state index is 10.3. The largest absolute Gasteiger partial charge is 0.478 e. The first-order valence-corrected chi connectivity index (χ1v) is 6.32. The third-order valence-electron chi connectivity index (χ3n) is 1.60. The van der Waals surface area contributed by atoms with Gasteiger partial charge in [0, 0.05) is 5.57 Å². The third-order valence-corrected chi connectivity index (χ3v) is 2.08. The normalized spacial score (nSPS) is 10.6. The van der Waals surface area contributed by atoms with Gasteiger partial charge in [0.25, 0.3) is 10.1 Å². The van der Waals surface area contributed by atoms with E-state index in [-0.39, 0.29) is 5.57 Å². The lowest BCUT2D eigenvalue weighted by atomic mass is 10.2. The fourth-order valence-electron chi connectivity index (χ4n) is 0.729. The highest BCUT2D eigenvalue weighted by atomic mass is 32.2. The van der Waals surface area contributed by atoms with E-state index in [1.807, 2.05) is 6.07 Å². The van der Waals surface area contributed by atoms with Crippen LogP contribution < -0.4 is 0 Å². The van der Waals surface area contributed by atoms with Crippen molar-refractivity contribution in [3.05, 3.63) is 53.5 Å². The molecule has 0 bridgehead atoms. The lowest BCUT2D eigenvalue weighted by Gasteiger charge is -1.89. The van der Waals surface area contributed by atoms with E-state index in [9.17, 15) is 13.2 Å². The Bertz CT molecular complexity index is 517. The van der Waals surface area contributed by atoms with Gasteiger partial charge in [-0.25, -0.2) is 4.79 Å². The summed E-state index contributed by atoms with van der Waals surface area (Å²) in [4.78, 5) is 9.60. The van der Waals surface area contributed by atoms with Crippen molar-refractivity contribution in [2.45, 2.75) is 6.92 Å². The van der Waals surface area contributed by atoms with Gasteiger partial charge in [0.2, 0.25) is 0 Å². The van der Waals surface area contributed by atoms with Gasteiger partial charge in [0.15, 0.2) is 0 Å². The summed E-state index contributed by atoms with van der Waals surface area (Å²) in [5.41, 5.74) is 0.908. The van der Waals surface area contributed by atoms with Gasteiger partial charge in [-0.05, 0) is 18.6 Å². The molecular weight excluding hydrogens is 256 g/mol. The Labute approximate surface area is 106 Å². The second-order valence-corrected chi connectivity index (χ2v) is 4.62. The van der Waals surface area contributed by atoms with Crippen molar-refractivity contribution < 1.29 is 22.9 Å². The summed E-state index contributed by atoms with van der Waals surface area (Å²) < 4.78 is 28.9. The molecule has 2 N–H and O–H groups in total. The van der Waals surface area contributed by atoms with Gasteiger partial charge >= 0.3 is 5.97 Å². The van der Waals surface area contributed by atoms with Crippen LogP contribution in [0.5, 0.6) is 0 Å². The minimum absolute atomic E-state index is 0.176. The Morgan fingerprint density at radius 3 is 2.06 bits per heavy atom. The molecule has 0 atom stereocenters. The van der Waals surface area contributed by atoms with Crippen LogP contribution in [-0.4, -0.2) is 24.0 Å². The molecule has 0 radical (unpaired) electrons. The van der Waals surface area contributed by atoms with E-state index in [1.165, 1.54) is 13.0 Å². The van der Waals surface area contributed by atoms with Crippen LogP contribution in [0, 0.1) is 0 Å². The average molecular weight is 270 g/mol. The Balaban J connectivity index is 0.000000411. The van der Waals surface area contributed by atoms with Gasteiger partial charge < -0.3 is 5.11 Å². The number of hydrogen-bond acceptors (Lipinski definition) is 3. The van der Waals surface area contributed by atoms with Crippen molar-refractivity contribution in [1.29, 1.82) is 0 Å². The SMILES string of the molecule is C=C(C)C(=O)O.O=S(=O)(O)C=Cc1ccccc1. The molecule has 0 aliphatic heterocycles. The third kappa shape index (κ3) is 9.32. The molecule has 1 aromatic rings. The molecule has 0 fully saturated rings. The standard InChI is InChI=1S/C8H8O3S.C4H6O2/c9-12(10,11)7-6-8-4-2-1-3-5-8;1-3(2)4(5)6/h1-7H,(H,9,10,11);1H2,2H3,(H,5,6). The lowest BCUT2D eigenvalue weighted by Crippen LogP contribution is -1.92. The zero-order valence-electron chi connectivity index (χ0n) is 9.78. The van der Waals surface area contributed by atoms with Crippen molar-refractivity contribution in [3.8, 4) is 0 Å². The van der Waals surface area contributed by atoms with Crippen LogP contribution in [0.2, 0.25) is 0 Å². The summed E-state index contributed by atoms with van der Waals surface area (Å²) in [6.45, 7) is 4.60. The number of carboxylic acid groups (broad SMARTS) is 1. The van der Waals surface area contributed by atoms with Gasteiger partial charge in [0.1, 0.15) is 0 Å². The highest BCUT2D eigenvalue weighted by Gasteiger charge is 1.94. The zero-order chi connectivity index (χ0) is 14.2. The van der Waals surface area contributed by atoms with E-state index < -0.39 is 16.1 Å². The Morgan fingerprint density at radius 1 is 1.28 bits per heavy atom. The van der Waals surface area contributed by atoms with Crippen molar-refractivity contribution in [2.24, 2.45) is 0 Å². The second-order valence-electron chi connectivity index (χ2n) is 3.31. The molecule has 5 nitrogen and oxygen atoms in total. The Kier molecular flexibility index (Phi) is 6.62. The van der Waals surface area contributed by atoms with Crippen LogP contribution in [0.15, 0.2) is 47.9 Å². The molecule has 0 aliphatic carbocycles. The summed E-state index contributed by atoms with van der Waals surface area (Å²) in [5.74, 6) is -0.935. The summed E-state index contributed by atoms with van der Waals surface area (Å²) >= 11 is 0. The number of hydrogen-bond donors (Lipinski definition) is 2. The van der Waals surface area contributed by atoms with Crippen LogP contribution in [-0.2, 0) is 14.9 Å². The van der Waals surface area contributed by atoms with Gasteiger partial charge in [0.05, 0.1) is 5.41 Å². The number of carbonyl (C=O) groups is 1. The molecule has 6 heteroatoms. The molecule has 18 heavy (non-hydrogen) atoms. The first-order valence-electron chi connectivity index (χ1n) is 4.82. The van der Waals surface area contributed by atoms with E-state index in [1.54, 1.807) is 24.3 Å². The number of aliphatic carboxylic acids is 1. The second kappa shape index (κ2) is 7.41. The zero-order valence-corrected chi connectivity index (χ0v) is 10.6. The van der Waals surface area contributed by atoms with Crippen LogP contribution in [0.3, 0.4) is 0 Å². The maximum Gasteiger partial charge on any atom is 0.330 e. The van der Waals surface area contributed by atoms with E-state index in [4.69, 9.17) is 9.66 Å². The minimum atomic E-state index is -4.00. The van der Waals surface area contributed by atoms with Gasteiger partial charge in [-0.15, -0.1) is 0 Å². The molecule has 0 saturated carbocycles. The molecular formula is C12H14O5S. The molecule has 0 saturated heterocycles. The van der Waals surface area contributed by atoms with Gasteiger partial charge in [-0.3, -0.25) is 4.55 Å². The first kappa shape index (κ1) is 16.1. The van der Waals surface area contributed by atoms with Crippen molar-refractivity contribution in [2.75, 3.05) is 0 Å². The molecule has 1 rings (SSSR count). The summed E-state index contributed by atoms with van der Waals surface area (Å²) in [7, 11) is -4.00. The molecule has 0 heterocycles. The minimum Gasteiger partial charge on any atom is -0.478 e. The highest BCUT2D eigenvalue weighted by Crippen LogP contribution is 2.01. The molecule has 0 aliphatic rings. The molecule has 0 unspecified atom stereocenters. The van der Waals surface area contributed by atoms with E-state index in [0.29, 0.717) is 0 Å². The van der Waals surface area contributed by atoms with Crippen LogP contribution in [0.1, 0.15) is 12.5 Å². The monoisotopic (exact) mass is 270 g/mol. The fraction of sp³-hybridized carbons (Fsp3) is 0.0833. The quantitative estimate of drug-likeness (QED) is 0.649. The molecule has 98 valence electrons. The van der Waals surface area contributed by atoms with Crippen LogP contribution in [0.25, 0.3) is 6.08 Å². The number of rotatable bonds is 3. The van der Waals surface area contributed by atoms with E-state index >= 15 is 0 Å². The van der Waals surface area contributed by atoms with Crippen LogP contribution >= 0.6 is 0 Å². The van der Waals surface area contributed by atoms with Gasteiger partial charge in [-0.1, -0.05) is 36.9 Å². The van der Waals surface area contributed by atoms with E-state index in [0.717, 1.165) is 11.0 Å². The Morgan fingerprint density at radius 2 is 1.72 bits per heavy atom. The first-order chi connectivity index (χ1) is 8.22. The van der Waals surface area contributed by atoms with Crippen molar-refractivity contribution in [3.63, 3.8) is 0 Å². The van der Waals surface area contributed by atoms with Crippen molar-refractivity contribution >= 4 is 22.2 Å². The van der Waals surface area contributed by atoms with Crippen LogP contribution in [0.4, 0.5) is 0 Å². The predicted octanol–water partition coefficient (Wildman–Crippen LogP) is 2.19. The summed E-state index contributed by atoms with van der Waals surface area (Å²) in [5, 5.41) is 8.64. The number of benzene rings is 1. The predicted molar refractivity (Wildman–Crippen MR) is 69.5 cm³/mol. The maximum atomic E-state index is 10.3. The topological polar surface area (TPSA) is 91.7 Å². The molecule has 0 spiro atoms. The van der Waals surface area contributed by atoms with Gasteiger partial charge in [-0.2, -0.15) is 8.42 Å². The Hall–Kier alpha value is -1.92. The smallest absolute Gasteiger partial charge is 0.330 e. The molecule has 0 amide bonds. The lowest BCUT2D eigenvalue weighted by molar-refractivity contribution is -0.132. The summed E-state index contributed by atoms with van der Waals surface area (Å²) in [6, 6.07) is 8.86. The fourth-order valence-corrected chi connectivity index (χ4v) is 1.06.